The van der Waals surface area contributed by atoms with Gasteiger partial charge in [0.1, 0.15) is 5.82 Å². The number of hydrogen-bond donors (Lipinski definition) is 1. The van der Waals surface area contributed by atoms with E-state index in [1.54, 1.807) is 12.1 Å². The molecule has 0 amide bonds. The summed E-state index contributed by atoms with van der Waals surface area (Å²) in [5.41, 5.74) is 0.747. The molecule has 6 heteroatoms. The molecule has 90 valence electrons. The minimum Gasteiger partial charge on any atom is -0.335 e. The first kappa shape index (κ1) is 11.9. The molecule has 1 heterocycles. The van der Waals surface area contributed by atoms with Crippen molar-refractivity contribution >= 4 is 11.8 Å². The number of benzene rings is 1. The third-order valence-electron chi connectivity index (χ3n) is 2.11. The molecule has 0 fully saturated rings. The molecule has 4 nitrogen and oxygen atoms in total. The van der Waals surface area contributed by atoms with E-state index in [0.717, 1.165) is 5.56 Å². The molecular weight excluding hydrogens is 239 g/mol. The van der Waals surface area contributed by atoms with Crippen LogP contribution < -0.4 is 5.84 Å². The average molecular weight is 252 g/mol. The van der Waals surface area contributed by atoms with Gasteiger partial charge in [0.2, 0.25) is 5.16 Å². The molecule has 0 atom stereocenters. The van der Waals surface area contributed by atoms with Gasteiger partial charge in [0.25, 0.3) is 0 Å². The molecule has 0 aliphatic heterocycles. The number of nitrogens with zero attached hydrogens (tertiary/aromatic N) is 3. The van der Waals surface area contributed by atoms with Crippen LogP contribution in [-0.4, -0.2) is 20.1 Å². The molecule has 0 bridgehead atoms. The summed E-state index contributed by atoms with van der Waals surface area (Å²) in [5, 5.41) is 9.05. The van der Waals surface area contributed by atoms with Gasteiger partial charge >= 0.3 is 0 Å². The summed E-state index contributed by atoms with van der Waals surface area (Å²) >= 11 is 1.53. The van der Waals surface area contributed by atoms with Gasteiger partial charge in [-0.15, -0.1) is 10.2 Å². The third-order valence-corrected chi connectivity index (χ3v) is 3.07. The first-order chi connectivity index (χ1) is 8.08. The molecule has 0 saturated carbocycles. The Balaban J connectivity index is 2.33. The zero-order chi connectivity index (χ0) is 12.4. The summed E-state index contributed by atoms with van der Waals surface area (Å²) in [6.45, 7) is 4.10. The lowest BCUT2D eigenvalue weighted by molar-refractivity contribution is 0.628. The number of aromatic nitrogens is 3. The number of hydrogen-bond acceptors (Lipinski definition) is 4. The Morgan fingerprint density at radius 1 is 1.24 bits per heavy atom. The highest BCUT2D eigenvalue weighted by Crippen LogP contribution is 2.24. The van der Waals surface area contributed by atoms with E-state index >= 15 is 0 Å². The lowest BCUT2D eigenvalue weighted by atomic mass is 10.2. The molecule has 17 heavy (non-hydrogen) atoms. The summed E-state index contributed by atoms with van der Waals surface area (Å²) in [5.74, 6) is 6.15. The molecule has 0 spiro atoms. The van der Waals surface area contributed by atoms with Crippen LogP contribution in [0.4, 0.5) is 4.39 Å². The molecule has 0 aliphatic carbocycles. The number of nitrogen functional groups attached to an aromatic ring is 1. The van der Waals surface area contributed by atoms with Gasteiger partial charge in [0.05, 0.1) is 0 Å². The van der Waals surface area contributed by atoms with E-state index in [1.165, 1.54) is 28.6 Å². The predicted molar refractivity (Wildman–Crippen MR) is 66.6 cm³/mol. The lowest BCUT2D eigenvalue weighted by Crippen LogP contribution is -2.12. The summed E-state index contributed by atoms with van der Waals surface area (Å²) < 4.78 is 14.2. The monoisotopic (exact) mass is 252 g/mol. The predicted octanol–water partition coefficient (Wildman–Crippen LogP) is 2.30. The minimum atomic E-state index is -0.284. The van der Waals surface area contributed by atoms with Crippen LogP contribution in [0.25, 0.3) is 11.4 Å². The van der Waals surface area contributed by atoms with E-state index in [-0.39, 0.29) is 5.82 Å². The molecule has 0 aliphatic rings. The van der Waals surface area contributed by atoms with Crippen molar-refractivity contribution in [3.05, 3.63) is 30.1 Å². The normalized spacial score (nSPS) is 11.1. The van der Waals surface area contributed by atoms with Crippen LogP contribution in [0.2, 0.25) is 0 Å². The van der Waals surface area contributed by atoms with E-state index in [2.05, 4.69) is 24.0 Å². The van der Waals surface area contributed by atoms with Crippen molar-refractivity contribution in [2.24, 2.45) is 0 Å². The number of thioether (sulfide) groups is 1. The number of rotatable bonds is 3. The van der Waals surface area contributed by atoms with Crippen LogP contribution >= 0.6 is 11.8 Å². The van der Waals surface area contributed by atoms with Crippen LogP contribution in [0, 0.1) is 5.82 Å². The Kier molecular flexibility index (Phi) is 3.33. The minimum absolute atomic E-state index is 0.284. The van der Waals surface area contributed by atoms with Crippen molar-refractivity contribution in [2.45, 2.75) is 24.3 Å². The highest BCUT2D eigenvalue weighted by atomic mass is 32.2. The highest BCUT2D eigenvalue weighted by Gasteiger charge is 2.13. The second kappa shape index (κ2) is 4.75. The van der Waals surface area contributed by atoms with Crippen molar-refractivity contribution < 1.29 is 4.39 Å². The van der Waals surface area contributed by atoms with Crippen LogP contribution in [0.1, 0.15) is 13.8 Å². The van der Waals surface area contributed by atoms with E-state index in [9.17, 15) is 4.39 Å². The molecule has 0 radical (unpaired) electrons. The highest BCUT2D eigenvalue weighted by molar-refractivity contribution is 7.99. The Hall–Kier alpha value is -1.56. The Morgan fingerprint density at radius 2 is 1.88 bits per heavy atom. The van der Waals surface area contributed by atoms with Crippen molar-refractivity contribution in [3.8, 4) is 11.4 Å². The van der Waals surface area contributed by atoms with E-state index in [0.29, 0.717) is 16.2 Å². The lowest BCUT2D eigenvalue weighted by Gasteiger charge is -2.05. The zero-order valence-corrected chi connectivity index (χ0v) is 10.4. The fourth-order valence-electron chi connectivity index (χ4n) is 1.36. The van der Waals surface area contributed by atoms with Gasteiger partial charge in [-0.3, -0.25) is 0 Å². The maximum atomic E-state index is 12.8. The van der Waals surface area contributed by atoms with Crippen LogP contribution in [-0.2, 0) is 0 Å². The fourth-order valence-corrected chi connectivity index (χ4v) is 2.07. The smallest absolute Gasteiger partial charge is 0.210 e. The van der Waals surface area contributed by atoms with Crippen molar-refractivity contribution in [1.82, 2.24) is 14.9 Å². The Labute approximate surface area is 103 Å². The first-order valence-corrected chi connectivity index (χ1v) is 6.09. The Bertz CT molecular complexity index is 507. The average Bonchev–Trinajstić information content (AvgIpc) is 2.61. The fraction of sp³-hybridized carbons (Fsp3) is 0.273. The van der Waals surface area contributed by atoms with Crippen molar-refractivity contribution in [3.63, 3.8) is 0 Å². The van der Waals surface area contributed by atoms with E-state index in [4.69, 9.17) is 5.84 Å². The SMILES string of the molecule is CC(C)Sc1nnc(-c2ccc(F)cc2)n1N. The van der Waals surface area contributed by atoms with Gasteiger partial charge in [-0.2, -0.15) is 0 Å². The maximum Gasteiger partial charge on any atom is 0.210 e. The Morgan fingerprint density at radius 3 is 2.47 bits per heavy atom. The van der Waals surface area contributed by atoms with E-state index < -0.39 is 0 Å². The number of halogens is 1. The van der Waals surface area contributed by atoms with Gasteiger partial charge in [-0.25, -0.2) is 9.07 Å². The standard InChI is InChI=1S/C11H13FN4S/c1-7(2)17-11-15-14-10(16(11)13)8-3-5-9(12)6-4-8/h3-7H,13H2,1-2H3. The van der Waals surface area contributed by atoms with Crippen LogP contribution in [0.5, 0.6) is 0 Å². The molecule has 1 aromatic carbocycles. The van der Waals surface area contributed by atoms with Crippen molar-refractivity contribution in [1.29, 1.82) is 0 Å². The van der Waals surface area contributed by atoms with Gasteiger partial charge in [-0.1, -0.05) is 25.6 Å². The molecule has 0 unspecified atom stereocenters. The van der Waals surface area contributed by atoms with Crippen LogP contribution in [0.15, 0.2) is 29.4 Å². The second-order valence-corrected chi connectivity index (χ2v) is 5.39. The topological polar surface area (TPSA) is 56.7 Å². The molecular formula is C11H13FN4S. The van der Waals surface area contributed by atoms with Gasteiger partial charge < -0.3 is 5.84 Å². The molecule has 2 aromatic rings. The van der Waals surface area contributed by atoms with Gasteiger partial charge in [0, 0.05) is 10.8 Å². The molecule has 0 saturated heterocycles. The molecule has 2 rings (SSSR count). The van der Waals surface area contributed by atoms with E-state index in [1.807, 2.05) is 0 Å². The first-order valence-electron chi connectivity index (χ1n) is 5.21. The maximum absolute atomic E-state index is 12.8. The third kappa shape index (κ3) is 2.58. The molecule has 1 aromatic heterocycles. The summed E-state index contributed by atoms with van der Waals surface area (Å²) in [6, 6.07) is 6.01. The van der Waals surface area contributed by atoms with Gasteiger partial charge in [0.15, 0.2) is 5.82 Å². The summed E-state index contributed by atoms with van der Waals surface area (Å²) in [6.07, 6.45) is 0. The quantitative estimate of drug-likeness (QED) is 0.672. The summed E-state index contributed by atoms with van der Waals surface area (Å²) in [4.78, 5) is 0. The number of nitrogens with two attached hydrogens (primary N) is 1. The van der Waals surface area contributed by atoms with Crippen LogP contribution in [0.3, 0.4) is 0 Å². The zero-order valence-electron chi connectivity index (χ0n) is 9.59. The van der Waals surface area contributed by atoms with Gasteiger partial charge in [-0.05, 0) is 24.3 Å². The second-order valence-electron chi connectivity index (χ2n) is 3.85. The largest absolute Gasteiger partial charge is 0.335 e. The van der Waals surface area contributed by atoms with Crippen molar-refractivity contribution in [2.75, 3.05) is 5.84 Å². The molecule has 2 N–H and O–H groups in total. The summed E-state index contributed by atoms with van der Waals surface area (Å²) in [7, 11) is 0.